The van der Waals surface area contributed by atoms with E-state index in [1.54, 1.807) is 24.3 Å². The lowest BCUT2D eigenvalue weighted by atomic mass is 10.0. The van der Waals surface area contributed by atoms with Crippen molar-refractivity contribution in [1.82, 2.24) is 10.6 Å². The largest absolute Gasteiger partial charge is 0.456 e. The van der Waals surface area contributed by atoms with Gasteiger partial charge in [0.1, 0.15) is 0 Å². The normalized spacial score (nSPS) is 12.3. The Kier molecular flexibility index (Phi) is 8.75. The van der Waals surface area contributed by atoms with Crippen LogP contribution in [0.5, 0.6) is 0 Å². The number of esters is 1. The molecule has 0 spiro atoms. The summed E-state index contributed by atoms with van der Waals surface area (Å²) in [6.45, 7) is 2.26. The molecule has 0 aliphatic rings. The molecule has 0 unspecified atom stereocenters. The highest BCUT2D eigenvalue weighted by Gasteiger charge is 2.21. The molecule has 7 heteroatoms. The van der Waals surface area contributed by atoms with E-state index in [1.807, 2.05) is 36.4 Å². The van der Waals surface area contributed by atoms with Crippen LogP contribution in [0.3, 0.4) is 0 Å². The number of Topliss-reactive ketones (excluding diaryl/α,β-unsaturated/α-hetero) is 1. The lowest BCUT2D eigenvalue weighted by Gasteiger charge is -2.18. The summed E-state index contributed by atoms with van der Waals surface area (Å²) in [5.74, 6) is -1.65. The Balaban J connectivity index is 1.88. The van der Waals surface area contributed by atoms with Crippen molar-refractivity contribution in [3.8, 4) is 0 Å². The molecule has 0 fully saturated rings. The Bertz CT molecular complexity index is 868. The van der Waals surface area contributed by atoms with E-state index in [1.165, 1.54) is 13.8 Å². The number of ketones is 1. The molecule has 2 aromatic carbocycles. The zero-order chi connectivity index (χ0) is 21.9. The van der Waals surface area contributed by atoms with Gasteiger partial charge in [0, 0.05) is 6.92 Å². The van der Waals surface area contributed by atoms with Crippen molar-refractivity contribution in [2.24, 2.45) is 0 Å². The lowest BCUT2D eigenvalue weighted by Crippen LogP contribution is -2.43. The number of rotatable bonds is 10. The van der Waals surface area contributed by atoms with Crippen LogP contribution in [0.15, 0.2) is 60.7 Å². The minimum atomic E-state index is -0.699. The van der Waals surface area contributed by atoms with E-state index in [0.717, 1.165) is 11.1 Å². The van der Waals surface area contributed by atoms with Crippen molar-refractivity contribution in [1.29, 1.82) is 0 Å². The van der Waals surface area contributed by atoms with Crippen LogP contribution in [0.25, 0.3) is 0 Å². The molecule has 0 saturated heterocycles. The van der Waals surface area contributed by atoms with Crippen LogP contribution in [-0.4, -0.2) is 36.2 Å². The van der Waals surface area contributed by atoms with Crippen molar-refractivity contribution in [2.45, 2.75) is 38.8 Å². The van der Waals surface area contributed by atoms with E-state index < -0.39 is 30.6 Å². The maximum atomic E-state index is 12.2. The van der Waals surface area contributed by atoms with Crippen molar-refractivity contribution in [2.75, 3.05) is 6.61 Å². The highest BCUT2D eigenvalue weighted by atomic mass is 16.5. The number of carbonyl (C=O) groups excluding carboxylic acids is 4. The molecular weight excluding hydrogens is 384 g/mol. The Hall–Kier alpha value is -3.48. The number of carbonyl (C=O) groups is 4. The molecular formula is C23H26N2O5. The van der Waals surface area contributed by atoms with Gasteiger partial charge in [-0.3, -0.25) is 19.2 Å². The van der Waals surface area contributed by atoms with Gasteiger partial charge in [0.25, 0.3) is 5.91 Å². The molecule has 158 valence electrons. The van der Waals surface area contributed by atoms with Gasteiger partial charge in [0.05, 0.1) is 18.5 Å². The molecule has 2 N–H and O–H groups in total. The first-order valence-corrected chi connectivity index (χ1v) is 9.66. The fourth-order valence-corrected chi connectivity index (χ4v) is 2.94. The third kappa shape index (κ3) is 7.87. The third-order valence-electron chi connectivity index (χ3n) is 4.42. The second-order valence-electron chi connectivity index (χ2n) is 6.95. The van der Waals surface area contributed by atoms with E-state index in [9.17, 15) is 19.2 Å². The SMILES string of the molecule is CC(=O)N[C@@H](CC(=O)OCC(=O)N[C@@H](Cc1ccccc1)C(C)=O)c1ccccc1. The van der Waals surface area contributed by atoms with Gasteiger partial charge in [0.2, 0.25) is 5.91 Å². The minimum Gasteiger partial charge on any atom is -0.456 e. The average Bonchev–Trinajstić information content (AvgIpc) is 2.72. The molecule has 2 aromatic rings. The van der Waals surface area contributed by atoms with Crippen LogP contribution in [-0.2, 0) is 30.3 Å². The molecule has 2 atom stereocenters. The molecule has 0 heterocycles. The third-order valence-corrected chi connectivity index (χ3v) is 4.42. The zero-order valence-electron chi connectivity index (χ0n) is 17.1. The molecule has 0 saturated carbocycles. The molecule has 30 heavy (non-hydrogen) atoms. The number of hydrogen-bond donors (Lipinski definition) is 2. The van der Waals surface area contributed by atoms with E-state index >= 15 is 0 Å². The number of ether oxygens (including phenoxy) is 1. The summed E-state index contributed by atoms with van der Waals surface area (Å²) in [5, 5.41) is 5.31. The quantitative estimate of drug-likeness (QED) is 0.584. The summed E-state index contributed by atoms with van der Waals surface area (Å²) in [6.07, 6.45) is 0.242. The molecule has 0 aliphatic carbocycles. The van der Waals surface area contributed by atoms with Gasteiger partial charge in [-0.15, -0.1) is 0 Å². The first-order valence-electron chi connectivity index (χ1n) is 9.66. The predicted molar refractivity (Wildman–Crippen MR) is 111 cm³/mol. The van der Waals surface area contributed by atoms with E-state index in [0.29, 0.717) is 6.42 Å². The standard InChI is InChI=1S/C23H26N2O5/c1-16(26)20(13-18-9-5-3-6-10-18)25-22(28)15-30-23(29)14-21(24-17(2)27)19-11-7-4-8-12-19/h3-12,20-21H,13-15H2,1-2H3,(H,24,27)(H,25,28)/t20-,21-/m0/s1. The molecule has 7 nitrogen and oxygen atoms in total. The van der Waals surface area contributed by atoms with Crippen molar-refractivity contribution >= 4 is 23.6 Å². The van der Waals surface area contributed by atoms with Gasteiger partial charge in [-0.25, -0.2) is 0 Å². The van der Waals surface area contributed by atoms with E-state index in [2.05, 4.69) is 10.6 Å². The summed E-state index contributed by atoms with van der Waals surface area (Å²) in [4.78, 5) is 47.7. The molecule has 0 aliphatic heterocycles. The molecule has 2 rings (SSSR count). The monoisotopic (exact) mass is 410 g/mol. The van der Waals surface area contributed by atoms with Gasteiger partial charge in [0.15, 0.2) is 12.4 Å². The fraction of sp³-hybridized carbons (Fsp3) is 0.304. The molecule has 0 aromatic heterocycles. The van der Waals surface area contributed by atoms with Crippen LogP contribution < -0.4 is 10.6 Å². The Morgan fingerprint density at radius 2 is 1.47 bits per heavy atom. The van der Waals surface area contributed by atoms with Crippen LogP contribution >= 0.6 is 0 Å². The van der Waals surface area contributed by atoms with Crippen LogP contribution in [0.4, 0.5) is 0 Å². The topological polar surface area (TPSA) is 102 Å². The van der Waals surface area contributed by atoms with Crippen molar-refractivity contribution in [3.63, 3.8) is 0 Å². The summed E-state index contributed by atoms with van der Waals surface area (Å²) in [6, 6.07) is 17.1. The molecule has 0 radical (unpaired) electrons. The van der Waals surface area contributed by atoms with E-state index in [4.69, 9.17) is 4.74 Å². The maximum Gasteiger partial charge on any atom is 0.308 e. The highest BCUT2D eigenvalue weighted by Crippen LogP contribution is 2.17. The zero-order valence-corrected chi connectivity index (χ0v) is 17.1. The summed E-state index contributed by atoms with van der Waals surface area (Å²) >= 11 is 0. The number of amides is 2. The Morgan fingerprint density at radius 3 is 2.03 bits per heavy atom. The second-order valence-corrected chi connectivity index (χ2v) is 6.95. The van der Waals surface area contributed by atoms with E-state index in [-0.39, 0.29) is 18.1 Å². The number of benzene rings is 2. The Labute approximate surface area is 175 Å². The lowest BCUT2D eigenvalue weighted by molar-refractivity contribution is -0.149. The molecule has 2 amide bonds. The minimum absolute atomic E-state index is 0.114. The summed E-state index contributed by atoms with van der Waals surface area (Å²) < 4.78 is 5.05. The van der Waals surface area contributed by atoms with Crippen LogP contribution in [0, 0.1) is 0 Å². The maximum absolute atomic E-state index is 12.2. The first kappa shape index (κ1) is 22.8. The Morgan fingerprint density at radius 1 is 0.867 bits per heavy atom. The highest BCUT2D eigenvalue weighted by molar-refractivity contribution is 5.89. The van der Waals surface area contributed by atoms with Crippen molar-refractivity contribution < 1.29 is 23.9 Å². The van der Waals surface area contributed by atoms with Crippen molar-refractivity contribution in [3.05, 3.63) is 71.8 Å². The number of nitrogens with one attached hydrogen (secondary N) is 2. The smallest absolute Gasteiger partial charge is 0.308 e. The van der Waals surface area contributed by atoms with Gasteiger partial charge in [-0.05, 0) is 24.5 Å². The average molecular weight is 410 g/mol. The van der Waals surface area contributed by atoms with Gasteiger partial charge in [-0.1, -0.05) is 60.7 Å². The molecule has 0 bridgehead atoms. The fourth-order valence-electron chi connectivity index (χ4n) is 2.94. The first-order chi connectivity index (χ1) is 14.3. The predicted octanol–water partition coefficient (Wildman–Crippen LogP) is 2.11. The number of hydrogen-bond acceptors (Lipinski definition) is 5. The van der Waals surface area contributed by atoms with Crippen LogP contribution in [0.2, 0.25) is 0 Å². The summed E-state index contributed by atoms with van der Waals surface area (Å²) in [7, 11) is 0. The summed E-state index contributed by atoms with van der Waals surface area (Å²) in [5.41, 5.74) is 1.67. The van der Waals surface area contributed by atoms with Gasteiger partial charge in [-0.2, -0.15) is 0 Å². The second kappa shape index (κ2) is 11.5. The van der Waals surface area contributed by atoms with Gasteiger partial charge >= 0.3 is 5.97 Å². The van der Waals surface area contributed by atoms with Crippen LogP contribution in [0.1, 0.15) is 37.4 Å². The van der Waals surface area contributed by atoms with Gasteiger partial charge < -0.3 is 15.4 Å².